The Kier molecular flexibility index (Phi) is 3.47. The van der Waals surface area contributed by atoms with Crippen molar-refractivity contribution < 1.29 is 4.79 Å². The maximum atomic E-state index is 12.7. The molecule has 0 atom stereocenters. The largest absolute Gasteiger partial charge is 0.350 e. The number of hydrogen-bond donors (Lipinski definition) is 1. The van der Waals surface area contributed by atoms with E-state index in [-0.39, 0.29) is 11.4 Å². The van der Waals surface area contributed by atoms with Crippen molar-refractivity contribution in [2.75, 3.05) is 0 Å². The number of carbonyl (C=O) groups is 1. The number of hydrogen-bond acceptors (Lipinski definition) is 2. The molecule has 1 N–H and O–H groups in total. The Morgan fingerprint density at radius 1 is 1.08 bits per heavy atom. The van der Waals surface area contributed by atoms with Gasteiger partial charge in [-0.1, -0.05) is 18.2 Å². The van der Waals surface area contributed by atoms with Crippen LogP contribution in [0.1, 0.15) is 44.1 Å². The molecule has 4 aliphatic carbocycles. The molecule has 4 aliphatic rings. The lowest BCUT2D eigenvalue weighted by Gasteiger charge is -2.56. The highest BCUT2D eigenvalue weighted by molar-refractivity contribution is 5.79. The predicted molar refractivity (Wildman–Crippen MR) is 96.3 cm³/mol. The highest BCUT2D eigenvalue weighted by Crippen LogP contribution is 2.55. The van der Waals surface area contributed by atoms with Crippen molar-refractivity contribution in [1.82, 2.24) is 15.1 Å². The molecule has 4 heteroatoms. The van der Waals surface area contributed by atoms with E-state index in [1.165, 1.54) is 38.5 Å². The zero-order valence-corrected chi connectivity index (χ0v) is 14.5. The normalized spacial score (nSPS) is 32.7. The lowest BCUT2D eigenvalue weighted by molar-refractivity contribution is -0.126. The van der Waals surface area contributed by atoms with Crippen LogP contribution in [0.4, 0.5) is 0 Å². The first kappa shape index (κ1) is 15.2. The standard InChI is InChI=1S/C21H25N3O/c25-20(9-18-13-22-24(14-18)19-4-2-1-3-5-19)23-21-10-15-6-16(11-21)8-17(7-15)12-21/h1-5,13-17H,6-12H2,(H,23,25). The maximum Gasteiger partial charge on any atom is 0.224 e. The minimum absolute atomic E-state index is 0.0985. The molecule has 0 radical (unpaired) electrons. The van der Waals surface area contributed by atoms with E-state index >= 15 is 0 Å². The molecule has 0 saturated heterocycles. The fourth-order valence-corrected chi connectivity index (χ4v) is 5.96. The van der Waals surface area contributed by atoms with Gasteiger partial charge >= 0.3 is 0 Å². The Labute approximate surface area is 148 Å². The van der Waals surface area contributed by atoms with Gasteiger partial charge in [0.2, 0.25) is 5.91 Å². The molecular weight excluding hydrogens is 310 g/mol. The van der Waals surface area contributed by atoms with Crippen LogP contribution in [0.15, 0.2) is 42.7 Å². The summed E-state index contributed by atoms with van der Waals surface area (Å²) in [6.45, 7) is 0. The van der Waals surface area contributed by atoms with Gasteiger partial charge in [0.15, 0.2) is 0 Å². The summed E-state index contributed by atoms with van der Waals surface area (Å²) in [4.78, 5) is 12.7. The molecule has 0 unspecified atom stereocenters. The first-order valence-corrected chi connectivity index (χ1v) is 9.57. The van der Waals surface area contributed by atoms with Gasteiger partial charge in [-0.2, -0.15) is 5.10 Å². The van der Waals surface area contributed by atoms with E-state index < -0.39 is 0 Å². The first-order chi connectivity index (χ1) is 12.2. The van der Waals surface area contributed by atoms with Crippen molar-refractivity contribution in [3.05, 3.63) is 48.3 Å². The molecule has 4 fully saturated rings. The molecule has 2 aromatic rings. The third-order valence-corrected chi connectivity index (χ3v) is 6.46. The molecule has 0 spiro atoms. The number of benzene rings is 1. The van der Waals surface area contributed by atoms with Gasteiger partial charge in [0.05, 0.1) is 18.3 Å². The van der Waals surface area contributed by atoms with Crippen LogP contribution in [0.2, 0.25) is 0 Å². The molecule has 130 valence electrons. The molecule has 0 aliphatic heterocycles. The van der Waals surface area contributed by atoms with Gasteiger partial charge < -0.3 is 5.32 Å². The van der Waals surface area contributed by atoms with Crippen LogP contribution in [0.3, 0.4) is 0 Å². The SMILES string of the molecule is O=C(Cc1cnn(-c2ccccc2)c1)NC12CC3CC(CC(C3)C1)C2. The summed E-state index contributed by atoms with van der Waals surface area (Å²) in [5, 5.41) is 7.85. The zero-order valence-electron chi connectivity index (χ0n) is 14.5. The van der Waals surface area contributed by atoms with E-state index in [4.69, 9.17) is 0 Å². The fourth-order valence-electron chi connectivity index (χ4n) is 5.96. The van der Waals surface area contributed by atoms with Gasteiger partial charge in [-0.15, -0.1) is 0 Å². The molecule has 1 aromatic heterocycles. The van der Waals surface area contributed by atoms with Crippen molar-refractivity contribution >= 4 is 5.91 Å². The van der Waals surface area contributed by atoms with Gasteiger partial charge in [0.25, 0.3) is 0 Å². The van der Waals surface area contributed by atoms with Gasteiger partial charge in [-0.3, -0.25) is 4.79 Å². The van der Waals surface area contributed by atoms with Gasteiger partial charge in [-0.25, -0.2) is 4.68 Å². The van der Waals surface area contributed by atoms with Crippen molar-refractivity contribution in [1.29, 1.82) is 0 Å². The monoisotopic (exact) mass is 335 g/mol. The third-order valence-electron chi connectivity index (χ3n) is 6.46. The van der Waals surface area contributed by atoms with E-state index in [1.807, 2.05) is 47.4 Å². The summed E-state index contributed by atoms with van der Waals surface area (Å²) in [6, 6.07) is 10.0. The Hall–Kier alpha value is -2.10. The van der Waals surface area contributed by atoms with E-state index in [0.29, 0.717) is 6.42 Å². The highest BCUT2D eigenvalue weighted by atomic mass is 16.1. The molecule has 25 heavy (non-hydrogen) atoms. The maximum absolute atomic E-state index is 12.7. The number of nitrogens with zero attached hydrogens (tertiary/aromatic N) is 2. The average Bonchev–Trinajstić information content (AvgIpc) is 3.02. The Morgan fingerprint density at radius 3 is 2.36 bits per heavy atom. The average molecular weight is 335 g/mol. The van der Waals surface area contributed by atoms with Crippen LogP contribution >= 0.6 is 0 Å². The Balaban J connectivity index is 1.26. The van der Waals surface area contributed by atoms with Crippen molar-refractivity contribution in [2.45, 2.75) is 50.5 Å². The molecule has 6 rings (SSSR count). The molecule has 1 heterocycles. The summed E-state index contributed by atoms with van der Waals surface area (Å²) in [7, 11) is 0. The number of para-hydroxylation sites is 1. The smallest absolute Gasteiger partial charge is 0.224 e. The van der Waals surface area contributed by atoms with E-state index in [9.17, 15) is 4.79 Å². The van der Waals surface area contributed by atoms with Crippen LogP contribution < -0.4 is 5.32 Å². The Morgan fingerprint density at radius 2 is 1.72 bits per heavy atom. The summed E-state index contributed by atoms with van der Waals surface area (Å²) >= 11 is 0. The van der Waals surface area contributed by atoms with Gasteiger partial charge in [-0.05, 0) is 74.0 Å². The minimum Gasteiger partial charge on any atom is -0.350 e. The van der Waals surface area contributed by atoms with Gasteiger partial charge in [0, 0.05) is 11.7 Å². The summed E-state index contributed by atoms with van der Waals surface area (Å²) < 4.78 is 1.84. The van der Waals surface area contributed by atoms with Crippen LogP contribution in [-0.2, 0) is 11.2 Å². The summed E-state index contributed by atoms with van der Waals surface area (Å²) in [5.41, 5.74) is 2.10. The number of aromatic nitrogens is 2. The minimum atomic E-state index is 0.0985. The van der Waals surface area contributed by atoms with Crippen LogP contribution in [-0.4, -0.2) is 21.2 Å². The topological polar surface area (TPSA) is 46.9 Å². The Bertz CT molecular complexity index is 744. The van der Waals surface area contributed by atoms with E-state index in [2.05, 4.69) is 10.4 Å². The van der Waals surface area contributed by atoms with Gasteiger partial charge in [0.1, 0.15) is 0 Å². The molecule has 4 saturated carbocycles. The van der Waals surface area contributed by atoms with E-state index in [1.54, 1.807) is 0 Å². The first-order valence-electron chi connectivity index (χ1n) is 9.57. The predicted octanol–water partition coefficient (Wildman–Crippen LogP) is 3.50. The summed E-state index contributed by atoms with van der Waals surface area (Å²) in [6.07, 6.45) is 12.0. The van der Waals surface area contributed by atoms with Crippen molar-refractivity contribution in [3.8, 4) is 5.69 Å². The molecule has 1 aromatic carbocycles. The highest BCUT2D eigenvalue weighted by Gasteiger charge is 2.51. The van der Waals surface area contributed by atoms with Crippen LogP contribution in [0.5, 0.6) is 0 Å². The third kappa shape index (κ3) is 2.88. The second-order valence-corrected chi connectivity index (χ2v) is 8.55. The lowest BCUT2D eigenvalue weighted by Crippen LogP contribution is -2.60. The second kappa shape index (κ2) is 5.72. The summed E-state index contributed by atoms with van der Waals surface area (Å²) in [5.74, 6) is 2.72. The quantitative estimate of drug-likeness (QED) is 0.929. The number of rotatable bonds is 4. The molecular formula is C21H25N3O. The second-order valence-electron chi connectivity index (χ2n) is 8.55. The number of amides is 1. The molecule has 1 amide bonds. The van der Waals surface area contributed by atoms with Crippen LogP contribution in [0, 0.1) is 17.8 Å². The van der Waals surface area contributed by atoms with Crippen LogP contribution in [0.25, 0.3) is 5.69 Å². The van der Waals surface area contributed by atoms with Crippen molar-refractivity contribution in [3.63, 3.8) is 0 Å². The lowest BCUT2D eigenvalue weighted by atomic mass is 9.53. The van der Waals surface area contributed by atoms with Crippen molar-refractivity contribution in [2.24, 2.45) is 17.8 Å². The number of nitrogens with one attached hydrogen (secondary N) is 1. The van der Waals surface area contributed by atoms with E-state index in [0.717, 1.165) is 29.0 Å². The number of carbonyl (C=O) groups excluding carboxylic acids is 1. The zero-order chi connectivity index (χ0) is 16.9. The molecule has 4 nitrogen and oxygen atoms in total. The fraction of sp³-hybridized carbons (Fsp3) is 0.524. The molecule has 4 bridgehead atoms.